The normalized spacial score (nSPS) is 12.0. The van der Waals surface area contributed by atoms with Gasteiger partial charge in [-0.15, -0.1) is 0 Å². The summed E-state index contributed by atoms with van der Waals surface area (Å²) in [5, 5.41) is 18.6. The van der Waals surface area contributed by atoms with Gasteiger partial charge in [0.1, 0.15) is 11.9 Å². The number of halogens is 5. The van der Waals surface area contributed by atoms with E-state index >= 15 is 0 Å². The molecular weight excluding hydrogens is 439 g/mol. The molecule has 0 atom stereocenters. The molecule has 3 aromatic rings. The number of nitriles is 2. The van der Waals surface area contributed by atoms with E-state index in [0.717, 1.165) is 18.2 Å². The average Bonchev–Trinajstić information content (AvgIpc) is 2.82. The van der Waals surface area contributed by atoms with Crippen LogP contribution in [0.15, 0.2) is 42.5 Å². The predicted octanol–water partition coefficient (Wildman–Crippen LogP) is 4.87. The Morgan fingerprint density at radius 1 is 0.818 bits per heavy atom. The summed E-state index contributed by atoms with van der Waals surface area (Å²) in [6.07, 6.45) is 0. The van der Waals surface area contributed by atoms with E-state index in [0.29, 0.717) is 0 Å². The minimum absolute atomic E-state index is 0.0335. The summed E-state index contributed by atoms with van der Waals surface area (Å²) in [7, 11) is 0. The lowest BCUT2D eigenvalue weighted by molar-refractivity contribution is 0.457. The highest BCUT2D eigenvalue weighted by molar-refractivity contribution is 5.83. The van der Waals surface area contributed by atoms with Gasteiger partial charge >= 0.3 is 0 Å². The molecule has 3 rings (SSSR count). The van der Waals surface area contributed by atoms with Crippen molar-refractivity contribution in [1.29, 1.82) is 10.5 Å². The summed E-state index contributed by atoms with van der Waals surface area (Å²) in [6.45, 7) is 13.8. The van der Waals surface area contributed by atoms with Crippen LogP contribution in [0.1, 0.15) is 5.56 Å². The van der Waals surface area contributed by atoms with Crippen molar-refractivity contribution in [3.8, 4) is 23.3 Å². The number of nitrogens with zero attached hydrogens (tertiary/aromatic N) is 4. The second kappa shape index (κ2) is 9.02. The minimum Gasteiger partial charge on any atom is -0.232 e. The lowest BCUT2D eigenvalue weighted by atomic mass is 9.95. The average molecular weight is 446 g/mol. The fourth-order valence-corrected chi connectivity index (χ4v) is 3.15. The molecular formula is C24H7F5N4. The van der Waals surface area contributed by atoms with Crippen molar-refractivity contribution in [3.63, 3.8) is 0 Å². The Kier molecular flexibility index (Phi) is 6.20. The van der Waals surface area contributed by atoms with Gasteiger partial charge in [-0.3, -0.25) is 0 Å². The first-order valence-corrected chi connectivity index (χ1v) is 8.85. The van der Waals surface area contributed by atoms with Gasteiger partial charge < -0.3 is 0 Å². The SMILES string of the molecule is [C-]#[N+]/C(C#N)=c1\cc/c(=C(/C#N)c2c(F)c(F)c([N+]#[C-])c(F)c2F)c(-c2cccc(F)c2)c1. The molecule has 0 saturated heterocycles. The topological polar surface area (TPSA) is 56.3 Å². The monoisotopic (exact) mass is 446 g/mol. The fourth-order valence-electron chi connectivity index (χ4n) is 3.15. The molecule has 3 aromatic carbocycles. The summed E-state index contributed by atoms with van der Waals surface area (Å²) < 4.78 is 71.7. The highest BCUT2D eigenvalue weighted by Gasteiger charge is 2.28. The van der Waals surface area contributed by atoms with Crippen LogP contribution in [0.5, 0.6) is 0 Å². The number of hydrogen-bond donors (Lipinski definition) is 0. The standard InChI is InChI=1S/C24H7F5N4/c1-32-18(11-31)13-6-7-15(16(9-13)12-4-3-5-14(25)8-12)17(10-30)19-20(26)22(28)24(33-2)23(29)21(19)27/h3-9H/b17-15+,18-13+. The Labute approximate surface area is 183 Å². The van der Waals surface area contributed by atoms with E-state index in [1.165, 1.54) is 30.3 Å². The van der Waals surface area contributed by atoms with Gasteiger partial charge in [-0.25, -0.2) is 36.9 Å². The summed E-state index contributed by atoms with van der Waals surface area (Å²) in [6, 6.07) is 11.5. The molecule has 0 aliphatic heterocycles. The molecule has 33 heavy (non-hydrogen) atoms. The molecule has 0 aliphatic carbocycles. The van der Waals surface area contributed by atoms with Crippen LogP contribution in [0.2, 0.25) is 0 Å². The predicted molar refractivity (Wildman–Crippen MR) is 107 cm³/mol. The lowest BCUT2D eigenvalue weighted by Gasteiger charge is -2.11. The van der Waals surface area contributed by atoms with Gasteiger partial charge in [-0.2, -0.15) is 5.26 Å². The van der Waals surface area contributed by atoms with Gasteiger partial charge in [0.2, 0.25) is 0 Å². The van der Waals surface area contributed by atoms with Crippen molar-refractivity contribution >= 4 is 17.0 Å². The summed E-state index contributed by atoms with van der Waals surface area (Å²) in [5.74, 6) is -8.53. The smallest absolute Gasteiger partial charge is 0.232 e. The Morgan fingerprint density at radius 2 is 1.48 bits per heavy atom. The molecule has 0 aromatic heterocycles. The van der Waals surface area contributed by atoms with E-state index in [2.05, 4.69) is 9.69 Å². The van der Waals surface area contributed by atoms with Crippen LogP contribution in [0.25, 0.3) is 32.1 Å². The Morgan fingerprint density at radius 3 is 2.00 bits per heavy atom. The van der Waals surface area contributed by atoms with Crippen LogP contribution in [-0.2, 0) is 0 Å². The second-order valence-electron chi connectivity index (χ2n) is 6.42. The molecule has 0 saturated carbocycles. The van der Waals surface area contributed by atoms with Crippen molar-refractivity contribution in [2.24, 2.45) is 0 Å². The van der Waals surface area contributed by atoms with Crippen molar-refractivity contribution in [2.75, 3.05) is 0 Å². The van der Waals surface area contributed by atoms with Gasteiger partial charge in [0.25, 0.3) is 11.4 Å². The summed E-state index contributed by atoms with van der Waals surface area (Å²) in [5.41, 5.74) is -3.98. The Hall–Kier alpha value is -4.99. The van der Waals surface area contributed by atoms with Crippen molar-refractivity contribution in [2.45, 2.75) is 0 Å². The highest BCUT2D eigenvalue weighted by Crippen LogP contribution is 2.33. The van der Waals surface area contributed by atoms with Gasteiger partial charge in [0.15, 0.2) is 23.3 Å². The van der Waals surface area contributed by atoms with Crippen LogP contribution >= 0.6 is 0 Å². The molecule has 0 fully saturated rings. The van der Waals surface area contributed by atoms with Crippen molar-refractivity contribution in [1.82, 2.24) is 0 Å². The number of rotatable bonds is 2. The molecule has 9 heteroatoms. The minimum atomic E-state index is -1.97. The molecule has 0 aliphatic rings. The van der Waals surface area contributed by atoms with Crippen LogP contribution in [0.4, 0.5) is 27.6 Å². The summed E-state index contributed by atoms with van der Waals surface area (Å²) in [4.78, 5) is 5.50. The van der Waals surface area contributed by atoms with Crippen molar-refractivity contribution < 1.29 is 22.0 Å². The molecule has 0 N–H and O–H groups in total. The van der Waals surface area contributed by atoms with Crippen LogP contribution in [0.3, 0.4) is 0 Å². The molecule has 0 heterocycles. The third kappa shape index (κ3) is 3.88. The molecule has 0 spiro atoms. The first-order valence-electron chi connectivity index (χ1n) is 8.85. The quantitative estimate of drug-likeness (QED) is 0.320. The molecule has 0 unspecified atom stereocenters. The molecule has 0 bridgehead atoms. The van der Waals surface area contributed by atoms with E-state index in [-0.39, 0.29) is 27.3 Å². The van der Waals surface area contributed by atoms with Gasteiger partial charge in [0, 0.05) is 5.22 Å². The Bertz CT molecular complexity index is 1570. The largest absolute Gasteiger partial charge is 0.268 e. The van der Waals surface area contributed by atoms with Crippen LogP contribution < -0.4 is 10.4 Å². The second-order valence-corrected chi connectivity index (χ2v) is 6.42. The van der Waals surface area contributed by atoms with Crippen molar-refractivity contribution in [3.05, 3.63) is 110 Å². The van der Waals surface area contributed by atoms with E-state index in [4.69, 9.17) is 18.4 Å². The van der Waals surface area contributed by atoms with Crippen LogP contribution in [0, 0.1) is 64.9 Å². The maximum atomic E-state index is 14.7. The highest BCUT2D eigenvalue weighted by atomic mass is 19.2. The Balaban J connectivity index is 2.61. The van der Waals surface area contributed by atoms with E-state index in [1.807, 2.05) is 0 Å². The zero-order valence-corrected chi connectivity index (χ0v) is 16.2. The fraction of sp³-hybridized carbons (Fsp3) is 0. The van der Waals surface area contributed by atoms with Gasteiger partial charge in [0.05, 0.1) is 30.4 Å². The third-order valence-electron chi connectivity index (χ3n) is 4.63. The molecule has 0 amide bonds. The molecule has 0 radical (unpaired) electrons. The van der Waals surface area contributed by atoms with Gasteiger partial charge in [-0.1, -0.05) is 30.3 Å². The lowest BCUT2D eigenvalue weighted by Crippen LogP contribution is -2.18. The summed E-state index contributed by atoms with van der Waals surface area (Å²) >= 11 is 0. The maximum absolute atomic E-state index is 14.7. The number of benzene rings is 3. The van der Waals surface area contributed by atoms with Gasteiger partial charge in [-0.05, 0) is 28.5 Å². The molecule has 4 nitrogen and oxygen atoms in total. The first-order chi connectivity index (χ1) is 15.8. The van der Waals surface area contributed by atoms with E-state index < -0.39 is 45.9 Å². The third-order valence-corrected chi connectivity index (χ3v) is 4.63. The van der Waals surface area contributed by atoms with E-state index in [1.54, 1.807) is 6.07 Å². The van der Waals surface area contributed by atoms with E-state index in [9.17, 15) is 27.2 Å². The number of hydrogen-bond acceptors (Lipinski definition) is 2. The zero-order valence-electron chi connectivity index (χ0n) is 16.2. The first kappa shape index (κ1) is 22.7. The maximum Gasteiger partial charge on any atom is 0.268 e. The zero-order chi connectivity index (χ0) is 24.3. The van der Waals surface area contributed by atoms with Crippen LogP contribution in [-0.4, -0.2) is 0 Å². The molecule has 158 valence electrons.